The minimum atomic E-state index is -0.385. The Morgan fingerprint density at radius 1 is 1.43 bits per heavy atom. The largest absolute Gasteiger partial charge is 0.472 e. The van der Waals surface area contributed by atoms with Gasteiger partial charge in [-0.05, 0) is 18.6 Å². The van der Waals surface area contributed by atoms with Gasteiger partial charge in [-0.25, -0.2) is 4.79 Å². The van der Waals surface area contributed by atoms with Gasteiger partial charge in [-0.2, -0.15) is 0 Å². The molecule has 2 aromatic rings. The zero-order valence-electron chi connectivity index (χ0n) is 11.5. The Labute approximate surface area is 130 Å². The van der Waals surface area contributed by atoms with Crippen molar-refractivity contribution in [3.8, 4) is 5.88 Å². The summed E-state index contributed by atoms with van der Waals surface area (Å²) in [4.78, 5) is 12.7. The fourth-order valence-corrected chi connectivity index (χ4v) is 2.17. The molecule has 1 heterocycles. The fourth-order valence-electron chi connectivity index (χ4n) is 1.69. The summed E-state index contributed by atoms with van der Waals surface area (Å²) in [5.41, 5.74) is 1.12. The molecule has 1 aromatic carbocycles. The van der Waals surface area contributed by atoms with Crippen molar-refractivity contribution in [2.45, 2.75) is 20.0 Å². The molecule has 0 bridgehead atoms. The normalized spacial score (nSPS) is 10.4. The first-order chi connectivity index (χ1) is 10.1. The van der Waals surface area contributed by atoms with E-state index in [1.165, 1.54) is 12.3 Å². The Bertz CT molecular complexity index is 627. The predicted octanol–water partition coefficient (Wildman–Crippen LogP) is 3.03. The Morgan fingerprint density at radius 3 is 2.90 bits per heavy atom. The third-order valence-electron chi connectivity index (χ3n) is 2.69. The topological polar surface area (TPSA) is 73.6 Å². The summed E-state index contributed by atoms with van der Waals surface area (Å²) in [7, 11) is 0. The lowest BCUT2D eigenvalue weighted by atomic mass is 10.1. The molecule has 0 atom stereocenters. The highest BCUT2D eigenvalue weighted by Gasteiger charge is 2.16. The minimum Gasteiger partial charge on any atom is -0.472 e. The van der Waals surface area contributed by atoms with Crippen LogP contribution in [0.15, 0.2) is 34.9 Å². The lowest BCUT2D eigenvalue weighted by Gasteiger charge is -2.11. The molecule has 0 aliphatic rings. The first-order valence-electron chi connectivity index (χ1n) is 6.44. The summed E-state index contributed by atoms with van der Waals surface area (Å²) in [6, 6.07) is 6.79. The molecule has 0 aliphatic carbocycles. The Hall–Kier alpha value is -2.02. The van der Waals surface area contributed by atoms with Gasteiger partial charge in [0.2, 0.25) is 5.88 Å². The molecule has 0 amide bonds. The summed E-state index contributed by atoms with van der Waals surface area (Å²) in [6.07, 6.45) is 2.12. The highest BCUT2D eigenvalue weighted by atomic mass is 79.9. The molecule has 0 spiro atoms. The molecule has 1 N–H and O–H groups in total. The Morgan fingerprint density at radius 2 is 2.24 bits per heavy atom. The molecule has 0 fully saturated rings. The van der Waals surface area contributed by atoms with Crippen LogP contribution in [-0.4, -0.2) is 27.7 Å². The number of rotatable bonds is 6. The van der Waals surface area contributed by atoms with Crippen LogP contribution in [0.25, 0.3) is 0 Å². The summed E-state index contributed by atoms with van der Waals surface area (Å²) in [6.45, 7) is 2.44. The third kappa shape index (κ3) is 3.98. The van der Waals surface area contributed by atoms with Gasteiger partial charge < -0.3 is 14.7 Å². The van der Waals surface area contributed by atoms with Crippen molar-refractivity contribution in [1.29, 1.82) is 0 Å². The first kappa shape index (κ1) is 15.4. The van der Waals surface area contributed by atoms with Crippen LogP contribution in [-0.2, 0) is 11.3 Å². The van der Waals surface area contributed by atoms with Crippen LogP contribution in [0, 0.1) is 0 Å². The predicted molar refractivity (Wildman–Crippen MR) is 78.5 cm³/mol. The number of esters is 1. The third-order valence-corrected chi connectivity index (χ3v) is 3.43. The zero-order valence-corrected chi connectivity index (χ0v) is 13.0. The van der Waals surface area contributed by atoms with Crippen LogP contribution in [0.2, 0.25) is 0 Å². The van der Waals surface area contributed by atoms with E-state index in [-0.39, 0.29) is 18.5 Å². The number of nitrogens with zero attached hydrogens (tertiary/aromatic N) is 2. The molecule has 6 nitrogen and oxygen atoms in total. The monoisotopic (exact) mass is 354 g/mol. The van der Waals surface area contributed by atoms with E-state index in [1.54, 1.807) is 12.1 Å². The zero-order chi connectivity index (χ0) is 15.2. The summed E-state index contributed by atoms with van der Waals surface area (Å²) >= 11 is 3.40. The average molecular weight is 355 g/mol. The summed E-state index contributed by atoms with van der Waals surface area (Å²) in [5.74, 6) is -0.120. The molecule has 112 valence electrons. The molecule has 2 rings (SSSR count). The Kier molecular flexibility index (Phi) is 5.21. The average Bonchev–Trinajstić information content (AvgIpc) is 2.89. The van der Waals surface area contributed by atoms with Crippen molar-refractivity contribution in [2.24, 2.45) is 0 Å². The van der Waals surface area contributed by atoms with E-state index >= 15 is 0 Å². The lowest BCUT2D eigenvalue weighted by Crippen LogP contribution is -2.11. The smallest absolute Gasteiger partial charge is 0.338 e. The van der Waals surface area contributed by atoms with Crippen molar-refractivity contribution in [3.63, 3.8) is 0 Å². The van der Waals surface area contributed by atoms with Crippen molar-refractivity contribution in [2.75, 3.05) is 6.61 Å². The molecule has 0 saturated heterocycles. The number of hydrogen-bond acceptors (Lipinski definition) is 5. The molecule has 0 aliphatic heterocycles. The standard InChI is InChI=1S/C14H15BrN2O4/c1-2-8-20-14(18)10-4-3-5-12(15)11(10)9-21-13-6-7-17(19)16-13/h3-7,19H,2,8-9H2,1H3. The van der Waals surface area contributed by atoms with Crippen LogP contribution in [0.1, 0.15) is 29.3 Å². The van der Waals surface area contributed by atoms with E-state index in [0.29, 0.717) is 22.6 Å². The maximum absolute atomic E-state index is 12.0. The number of benzene rings is 1. The van der Waals surface area contributed by atoms with Gasteiger partial charge in [0.1, 0.15) is 6.61 Å². The van der Waals surface area contributed by atoms with Crippen LogP contribution in [0.3, 0.4) is 0 Å². The molecule has 1 aromatic heterocycles. The fraction of sp³-hybridized carbons (Fsp3) is 0.286. The molecular weight excluding hydrogens is 340 g/mol. The quantitative estimate of drug-likeness (QED) is 0.637. The van der Waals surface area contributed by atoms with Gasteiger partial charge in [0, 0.05) is 16.1 Å². The van der Waals surface area contributed by atoms with Gasteiger partial charge in [-0.15, -0.1) is 4.85 Å². The van der Waals surface area contributed by atoms with E-state index in [4.69, 9.17) is 14.7 Å². The summed E-state index contributed by atoms with van der Waals surface area (Å²) < 4.78 is 11.4. The number of carbonyl (C=O) groups excluding carboxylic acids is 1. The molecule has 0 saturated carbocycles. The highest BCUT2D eigenvalue weighted by Crippen LogP contribution is 2.23. The van der Waals surface area contributed by atoms with Gasteiger partial charge in [0.05, 0.1) is 18.4 Å². The molecule has 0 unspecified atom stereocenters. The Balaban J connectivity index is 2.15. The second-order valence-corrected chi connectivity index (χ2v) is 5.12. The van der Waals surface area contributed by atoms with Crippen LogP contribution in [0.5, 0.6) is 5.88 Å². The van der Waals surface area contributed by atoms with Gasteiger partial charge in [-0.1, -0.05) is 34.0 Å². The SMILES string of the molecule is CCCOC(=O)c1cccc(Br)c1COc1ccn(O)n1. The van der Waals surface area contributed by atoms with E-state index in [0.717, 1.165) is 10.9 Å². The number of halogens is 1. The van der Waals surface area contributed by atoms with E-state index in [9.17, 15) is 4.79 Å². The van der Waals surface area contributed by atoms with Crippen molar-refractivity contribution in [3.05, 3.63) is 46.1 Å². The second kappa shape index (κ2) is 7.12. The summed E-state index contributed by atoms with van der Waals surface area (Å²) in [5, 5.41) is 12.8. The highest BCUT2D eigenvalue weighted by molar-refractivity contribution is 9.10. The second-order valence-electron chi connectivity index (χ2n) is 4.26. The van der Waals surface area contributed by atoms with E-state index in [1.807, 2.05) is 13.0 Å². The molecule has 0 radical (unpaired) electrons. The van der Waals surface area contributed by atoms with Crippen LogP contribution in [0.4, 0.5) is 0 Å². The van der Waals surface area contributed by atoms with Crippen molar-refractivity contribution in [1.82, 2.24) is 9.94 Å². The molecule has 21 heavy (non-hydrogen) atoms. The first-order valence-corrected chi connectivity index (χ1v) is 7.23. The van der Waals surface area contributed by atoms with E-state index in [2.05, 4.69) is 21.0 Å². The number of carbonyl (C=O) groups is 1. The number of hydrogen-bond donors (Lipinski definition) is 1. The maximum Gasteiger partial charge on any atom is 0.338 e. The van der Waals surface area contributed by atoms with Crippen molar-refractivity contribution < 1.29 is 19.5 Å². The number of ether oxygens (including phenoxy) is 2. The van der Waals surface area contributed by atoms with Gasteiger partial charge in [0.25, 0.3) is 0 Å². The van der Waals surface area contributed by atoms with Crippen molar-refractivity contribution >= 4 is 21.9 Å². The number of aromatic nitrogens is 2. The van der Waals surface area contributed by atoms with E-state index < -0.39 is 0 Å². The van der Waals surface area contributed by atoms with Crippen LogP contribution >= 0.6 is 15.9 Å². The van der Waals surface area contributed by atoms with Gasteiger partial charge in [-0.3, -0.25) is 0 Å². The van der Waals surface area contributed by atoms with Gasteiger partial charge in [0.15, 0.2) is 0 Å². The minimum absolute atomic E-state index is 0.134. The maximum atomic E-state index is 12.0. The molecule has 7 heteroatoms. The van der Waals surface area contributed by atoms with Crippen LogP contribution < -0.4 is 4.74 Å². The van der Waals surface area contributed by atoms with Gasteiger partial charge >= 0.3 is 5.97 Å². The lowest BCUT2D eigenvalue weighted by molar-refractivity contribution is 0.0501. The molecular formula is C14H15BrN2O4.